The lowest BCUT2D eigenvalue weighted by atomic mass is 9.74. The quantitative estimate of drug-likeness (QED) is 0.769. The molecule has 0 aliphatic carbocycles. The highest BCUT2D eigenvalue weighted by Crippen LogP contribution is 2.36. The van der Waals surface area contributed by atoms with E-state index in [0.29, 0.717) is 32.5 Å². The van der Waals surface area contributed by atoms with Gasteiger partial charge in [0.05, 0.1) is 19.1 Å². The van der Waals surface area contributed by atoms with Crippen LogP contribution < -0.4 is 15.8 Å². The Morgan fingerprint density at radius 1 is 1.11 bits per heavy atom. The number of methoxy groups -OCH3 is 1. The number of amides is 2. The third-order valence-corrected chi connectivity index (χ3v) is 5.27. The molecule has 2 aromatic carbocycles. The Kier molecular flexibility index (Phi) is 6.31. The molecule has 28 heavy (non-hydrogen) atoms. The summed E-state index contributed by atoms with van der Waals surface area (Å²) in [4.78, 5) is 23.9. The number of ether oxygens (including phenoxy) is 2. The number of hydrogen-bond donors (Lipinski definition) is 2. The zero-order valence-electron chi connectivity index (χ0n) is 16.1. The third-order valence-electron chi connectivity index (χ3n) is 5.27. The number of para-hydroxylation sites is 1. The highest BCUT2D eigenvalue weighted by Gasteiger charge is 2.40. The topological polar surface area (TPSA) is 90.6 Å². The molecule has 1 fully saturated rings. The van der Waals surface area contributed by atoms with Crippen molar-refractivity contribution in [1.82, 2.24) is 5.32 Å². The molecule has 1 saturated heterocycles. The molecule has 0 saturated carbocycles. The molecule has 1 heterocycles. The van der Waals surface area contributed by atoms with Crippen molar-refractivity contribution in [2.45, 2.75) is 19.3 Å². The number of rotatable bonds is 7. The first-order valence-corrected chi connectivity index (χ1v) is 9.41. The van der Waals surface area contributed by atoms with Crippen LogP contribution in [0.1, 0.15) is 18.4 Å². The van der Waals surface area contributed by atoms with Crippen LogP contribution in [0.5, 0.6) is 5.75 Å². The summed E-state index contributed by atoms with van der Waals surface area (Å²) in [6, 6.07) is 16.0. The number of primary amides is 1. The maximum Gasteiger partial charge on any atom is 0.236 e. The van der Waals surface area contributed by atoms with E-state index in [1.165, 1.54) is 0 Å². The van der Waals surface area contributed by atoms with Crippen molar-refractivity contribution < 1.29 is 19.1 Å². The summed E-state index contributed by atoms with van der Waals surface area (Å²) in [5.41, 5.74) is 7.73. The van der Waals surface area contributed by atoms with E-state index in [-0.39, 0.29) is 12.5 Å². The molecule has 1 aliphatic heterocycles. The smallest absolute Gasteiger partial charge is 0.236 e. The summed E-state index contributed by atoms with van der Waals surface area (Å²) in [5, 5.41) is 2.68. The van der Waals surface area contributed by atoms with Gasteiger partial charge >= 0.3 is 0 Å². The second kappa shape index (κ2) is 8.89. The summed E-state index contributed by atoms with van der Waals surface area (Å²) >= 11 is 0. The second-order valence-electron chi connectivity index (χ2n) is 7.12. The van der Waals surface area contributed by atoms with Crippen LogP contribution in [-0.2, 0) is 20.7 Å². The molecule has 1 aliphatic rings. The van der Waals surface area contributed by atoms with Gasteiger partial charge in [-0.3, -0.25) is 9.59 Å². The van der Waals surface area contributed by atoms with Crippen molar-refractivity contribution in [2.75, 3.05) is 26.9 Å². The average molecular weight is 382 g/mol. The van der Waals surface area contributed by atoms with Gasteiger partial charge in [-0.05, 0) is 36.5 Å². The predicted octanol–water partition coefficient (Wildman–Crippen LogP) is 2.30. The molecule has 3 rings (SSSR count). The van der Waals surface area contributed by atoms with Crippen LogP contribution in [0.25, 0.3) is 11.1 Å². The molecule has 0 unspecified atom stereocenters. The van der Waals surface area contributed by atoms with Crippen LogP contribution in [0.4, 0.5) is 0 Å². The normalized spacial score (nSPS) is 15.6. The molecule has 6 nitrogen and oxygen atoms in total. The van der Waals surface area contributed by atoms with Gasteiger partial charge in [-0.2, -0.15) is 0 Å². The van der Waals surface area contributed by atoms with Crippen molar-refractivity contribution in [3.8, 4) is 16.9 Å². The molecule has 3 N–H and O–H groups in total. The lowest BCUT2D eigenvalue weighted by molar-refractivity contribution is -0.137. The molecule has 2 amide bonds. The first-order valence-electron chi connectivity index (χ1n) is 9.41. The van der Waals surface area contributed by atoms with E-state index in [1.807, 2.05) is 48.5 Å². The fourth-order valence-corrected chi connectivity index (χ4v) is 3.68. The zero-order valence-corrected chi connectivity index (χ0v) is 16.1. The predicted molar refractivity (Wildman–Crippen MR) is 107 cm³/mol. The summed E-state index contributed by atoms with van der Waals surface area (Å²) in [5.74, 6) is 0.141. The summed E-state index contributed by atoms with van der Waals surface area (Å²) < 4.78 is 10.9. The van der Waals surface area contributed by atoms with E-state index in [9.17, 15) is 9.59 Å². The van der Waals surface area contributed by atoms with E-state index in [1.54, 1.807) is 7.11 Å². The number of benzene rings is 2. The van der Waals surface area contributed by atoms with Crippen molar-refractivity contribution in [2.24, 2.45) is 11.1 Å². The van der Waals surface area contributed by atoms with Crippen molar-refractivity contribution in [3.05, 3.63) is 54.1 Å². The van der Waals surface area contributed by atoms with Crippen LogP contribution in [0.3, 0.4) is 0 Å². The minimum atomic E-state index is -0.584. The van der Waals surface area contributed by atoms with E-state index < -0.39 is 11.3 Å². The Labute approximate surface area is 165 Å². The van der Waals surface area contributed by atoms with Gasteiger partial charge in [-0.1, -0.05) is 42.5 Å². The SMILES string of the molecule is COc1ccccc1-c1ccc(CC2(C(=O)NCC(N)=O)CCOCC2)cc1. The van der Waals surface area contributed by atoms with E-state index in [0.717, 1.165) is 22.4 Å². The zero-order chi connectivity index (χ0) is 20.0. The van der Waals surface area contributed by atoms with Gasteiger partial charge in [0.15, 0.2) is 0 Å². The van der Waals surface area contributed by atoms with Gasteiger partial charge < -0.3 is 20.5 Å². The molecule has 148 valence electrons. The number of carbonyl (C=O) groups excluding carboxylic acids is 2. The Hall–Kier alpha value is -2.86. The van der Waals surface area contributed by atoms with Gasteiger partial charge in [0.2, 0.25) is 11.8 Å². The minimum Gasteiger partial charge on any atom is -0.496 e. The second-order valence-corrected chi connectivity index (χ2v) is 7.12. The fourth-order valence-electron chi connectivity index (χ4n) is 3.68. The number of hydrogen-bond acceptors (Lipinski definition) is 4. The molecule has 0 spiro atoms. The summed E-state index contributed by atoms with van der Waals surface area (Å²) in [6.45, 7) is 0.917. The lowest BCUT2D eigenvalue weighted by Crippen LogP contribution is -2.48. The van der Waals surface area contributed by atoms with Crippen LogP contribution >= 0.6 is 0 Å². The van der Waals surface area contributed by atoms with Crippen LogP contribution in [0.15, 0.2) is 48.5 Å². The molecule has 0 bridgehead atoms. The summed E-state index contributed by atoms with van der Waals surface area (Å²) in [6.07, 6.45) is 1.82. The molecule has 0 aromatic heterocycles. The van der Waals surface area contributed by atoms with Crippen molar-refractivity contribution in [3.63, 3.8) is 0 Å². The maximum atomic E-state index is 12.8. The Balaban J connectivity index is 1.79. The lowest BCUT2D eigenvalue weighted by Gasteiger charge is -2.35. The van der Waals surface area contributed by atoms with Gasteiger partial charge in [0.25, 0.3) is 0 Å². The van der Waals surface area contributed by atoms with Gasteiger partial charge in [0.1, 0.15) is 5.75 Å². The van der Waals surface area contributed by atoms with E-state index in [4.69, 9.17) is 15.2 Å². The largest absolute Gasteiger partial charge is 0.496 e. The highest BCUT2D eigenvalue weighted by molar-refractivity contribution is 5.87. The highest BCUT2D eigenvalue weighted by atomic mass is 16.5. The maximum absolute atomic E-state index is 12.8. The molecule has 0 atom stereocenters. The third kappa shape index (κ3) is 4.51. The first-order chi connectivity index (χ1) is 13.5. The van der Waals surface area contributed by atoms with Crippen molar-refractivity contribution >= 4 is 11.8 Å². The Morgan fingerprint density at radius 2 is 1.79 bits per heavy atom. The Bertz CT molecular complexity index is 827. The minimum absolute atomic E-state index is 0.136. The standard InChI is InChI=1S/C22H26N2O4/c1-27-19-5-3-2-4-18(19)17-8-6-16(7-9-17)14-22(10-12-28-13-11-22)21(26)24-15-20(23)25/h2-9H,10-15H2,1H3,(H2,23,25)(H,24,26). The average Bonchev–Trinajstić information content (AvgIpc) is 2.73. The summed E-state index contributed by atoms with van der Waals surface area (Å²) in [7, 11) is 1.66. The Morgan fingerprint density at radius 3 is 2.43 bits per heavy atom. The van der Waals surface area contributed by atoms with Crippen molar-refractivity contribution in [1.29, 1.82) is 0 Å². The number of nitrogens with one attached hydrogen (secondary N) is 1. The van der Waals surface area contributed by atoms with Crippen LogP contribution in [0.2, 0.25) is 0 Å². The number of carbonyl (C=O) groups is 2. The first kappa shape index (κ1) is 19.9. The molecule has 2 aromatic rings. The van der Waals surface area contributed by atoms with Crippen LogP contribution in [0, 0.1) is 5.41 Å². The monoisotopic (exact) mass is 382 g/mol. The van der Waals surface area contributed by atoms with Gasteiger partial charge in [0, 0.05) is 18.8 Å². The van der Waals surface area contributed by atoms with Crippen LogP contribution in [-0.4, -0.2) is 38.7 Å². The molecular weight excluding hydrogens is 356 g/mol. The molecule has 6 heteroatoms. The molecule has 0 radical (unpaired) electrons. The number of nitrogens with two attached hydrogens (primary N) is 1. The van der Waals surface area contributed by atoms with E-state index >= 15 is 0 Å². The fraction of sp³-hybridized carbons (Fsp3) is 0.364. The van der Waals surface area contributed by atoms with E-state index in [2.05, 4.69) is 5.32 Å². The van der Waals surface area contributed by atoms with Gasteiger partial charge in [-0.15, -0.1) is 0 Å². The molecular formula is C22H26N2O4. The van der Waals surface area contributed by atoms with Gasteiger partial charge in [-0.25, -0.2) is 0 Å².